The average molecular weight is 668 g/mol. The number of hydrogen-bond acceptors (Lipinski definition) is 7. The van der Waals surface area contributed by atoms with Gasteiger partial charge in [-0.2, -0.15) is 0 Å². The van der Waals surface area contributed by atoms with Crippen molar-refractivity contribution < 1.29 is 33.0 Å². The Labute approximate surface area is 285 Å². The van der Waals surface area contributed by atoms with Crippen LogP contribution in [-0.2, 0) is 41.5 Å². The molecule has 2 heterocycles. The molecule has 0 spiro atoms. The number of hydrogen-bond donors (Lipinski definition) is 2. The monoisotopic (exact) mass is 667 g/mol. The molecule has 256 valence electrons. The molecule has 49 heavy (non-hydrogen) atoms. The van der Waals surface area contributed by atoms with Gasteiger partial charge in [0.2, 0.25) is 11.8 Å². The van der Waals surface area contributed by atoms with Crippen LogP contribution in [0.2, 0.25) is 0 Å². The molecule has 4 aliphatic carbocycles. The van der Waals surface area contributed by atoms with E-state index in [9.17, 15) is 19.2 Å². The number of nitrogens with zero attached hydrogens (tertiary/aromatic N) is 1. The molecular weight excluding hydrogens is 625 g/mol. The third-order valence-electron chi connectivity index (χ3n) is 11.0. The Morgan fingerprint density at radius 1 is 1.18 bits per heavy atom. The SMILES string of the molecule is CCC1C(=O)OCC2=C1C=C1c3nc4cc(F)c(C)c5c4c(c3CC1C2=O)C(NC(=O)COCNC(=O)CCCC1(C)C=CC=CC1)CC5. The summed E-state index contributed by atoms with van der Waals surface area (Å²) in [4.78, 5) is 57.0. The third kappa shape index (κ3) is 6.05. The number of fused-ring (bicyclic) bond motifs is 4. The molecule has 5 aliphatic rings. The second kappa shape index (κ2) is 13.1. The zero-order valence-electron chi connectivity index (χ0n) is 28.2. The number of allylic oxidation sites excluding steroid dienone is 6. The Morgan fingerprint density at radius 2 is 2.02 bits per heavy atom. The van der Waals surface area contributed by atoms with Gasteiger partial charge in [-0.25, -0.2) is 9.37 Å². The summed E-state index contributed by atoms with van der Waals surface area (Å²) in [6.07, 6.45) is 15.4. The van der Waals surface area contributed by atoms with E-state index in [0.29, 0.717) is 60.0 Å². The van der Waals surface area contributed by atoms with Crippen LogP contribution in [0.5, 0.6) is 0 Å². The zero-order valence-corrected chi connectivity index (χ0v) is 28.2. The minimum atomic E-state index is -0.521. The van der Waals surface area contributed by atoms with Crippen molar-refractivity contribution in [2.75, 3.05) is 19.9 Å². The molecule has 9 nitrogen and oxygen atoms in total. The Bertz CT molecular complexity index is 1910. The van der Waals surface area contributed by atoms with Gasteiger partial charge >= 0.3 is 5.97 Å². The highest BCUT2D eigenvalue weighted by molar-refractivity contribution is 6.11. The van der Waals surface area contributed by atoms with Crippen LogP contribution in [0, 0.1) is 30.0 Å². The first-order valence-electron chi connectivity index (χ1n) is 17.4. The van der Waals surface area contributed by atoms with Crippen molar-refractivity contribution in [1.29, 1.82) is 0 Å². The van der Waals surface area contributed by atoms with E-state index in [2.05, 4.69) is 35.8 Å². The number of esters is 1. The molecule has 10 heteroatoms. The first kappa shape index (κ1) is 33.1. The fourth-order valence-corrected chi connectivity index (χ4v) is 8.28. The van der Waals surface area contributed by atoms with Crippen LogP contribution in [-0.4, -0.2) is 48.5 Å². The summed E-state index contributed by atoms with van der Waals surface area (Å²) >= 11 is 0. The maximum Gasteiger partial charge on any atom is 0.313 e. The van der Waals surface area contributed by atoms with Gasteiger partial charge in [0.05, 0.1) is 29.1 Å². The molecule has 4 unspecified atom stereocenters. The topological polar surface area (TPSA) is 124 Å². The molecule has 2 aromatic rings. The molecule has 1 aromatic carbocycles. The number of amides is 2. The van der Waals surface area contributed by atoms with Crippen molar-refractivity contribution in [3.63, 3.8) is 0 Å². The normalized spacial score (nSPS) is 25.1. The summed E-state index contributed by atoms with van der Waals surface area (Å²) in [5.74, 6) is -2.22. The number of carbonyl (C=O) groups is 4. The molecule has 1 aliphatic heterocycles. The highest BCUT2D eigenvalue weighted by Crippen LogP contribution is 2.50. The second-order valence-electron chi connectivity index (χ2n) is 14.2. The van der Waals surface area contributed by atoms with Crippen molar-refractivity contribution in [1.82, 2.24) is 15.6 Å². The van der Waals surface area contributed by atoms with Crippen LogP contribution >= 0.6 is 0 Å². The number of ether oxygens (including phenoxy) is 2. The molecule has 0 bridgehead atoms. The van der Waals surface area contributed by atoms with Crippen LogP contribution < -0.4 is 10.6 Å². The first-order chi connectivity index (χ1) is 23.6. The van der Waals surface area contributed by atoms with Gasteiger partial charge in [0.15, 0.2) is 5.78 Å². The molecule has 1 aromatic heterocycles. The zero-order chi connectivity index (χ0) is 34.4. The van der Waals surface area contributed by atoms with Gasteiger partial charge in [-0.05, 0) is 90.7 Å². The predicted molar refractivity (Wildman–Crippen MR) is 181 cm³/mol. The summed E-state index contributed by atoms with van der Waals surface area (Å²) in [5, 5.41) is 6.69. The fraction of sp³-hybridized carbons (Fsp3) is 0.462. The van der Waals surface area contributed by atoms with Crippen molar-refractivity contribution in [2.45, 2.75) is 78.2 Å². The van der Waals surface area contributed by atoms with Crippen LogP contribution in [0.3, 0.4) is 0 Å². The van der Waals surface area contributed by atoms with Gasteiger partial charge in [0, 0.05) is 23.4 Å². The Kier molecular flexibility index (Phi) is 8.85. The third-order valence-corrected chi connectivity index (χ3v) is 11.0. The number of halogens is 1. The summed E-state index contributed by atoms with van der Waals surface area (Å²) < 4.78 is 26.1. The van der Waals surface area contributed by atoms with Crippen LogP contribution in [0.25, 0.3) is 16.5 Å². The number of aryl methyl sites for hydroxylation is 1. The van der Waals surface area contributed by atoms with E-state index in [1.807, 2.05) is 19.1 Å². The van der Waals surface area contributed by atoms with Crippen LogP contribution in [0.4, 0.5) is 4.39 Å². The van der Waals surface area contributed by atoms with Gasteiger partial charge in [0.1, 0.15) is 25.8 Å². The standard InChI is InChI=1S/C39H42FN3O6/c1-4-22-24-15-25-26(37(46)28(24)18-49-38(22)47)16-27-35-30(11-10-23-21(2)29(40)17-31(34(23)35)43-36(25)27)42-33(45)19-48-20-41-32(44)9-8-14-39(3)12-6-5-7-13-39/h5-7,12,15,17,22,26,30H,4,8-11,13-14,16,18-20H2,1-3H3,(H,41,44)(H,42,45). The van der Waals surface area contributed by atoms with Crippen LogP contribution in [0.1, 0.15) is 86.4 Å². The summed E-state index contributed by atoms with van der Waals surface area (Å²) in [6, 6.07) is 1.03. The maximum absolute atomic E-state index is 15.2. The van der Waals surface area contributed by atoms with E-state index in [1.165, 1.54) is 6.07 Å². The van der Waals surface area contributed by atoms with E-state index in [0.717, 1.165) is 46.9 Å². The van der Waals surface area contributed by atoms with Crippen LogP contribution in [0.15, 0.2) is 47.6 Å². The molecule has 0 saturated heterocycles. The number of nitrogens with one attached hydrogen (secondary N) is 2. The number of rotatable bonds is 10. The lowest BCUT2D eigenvalue weighted by molar-refractivity contribution is -0.148. The van der Waals surface area contributed by atoms with E-state index in [-0.39, 0.29) is 54.7 Å². The Hall–Kier alpha value is -4.44. The minimum absolute atomic E-state index is 0.0368. The lowest BCUT2D eigenvalue weighted by Crippen LogP contribution is -2.36. The summed E-state index contributed by atoms with van der Waals surface area (Å²) in [7, 11) is 0. The number of benzene rings is 1. The number of ketones is 1. The number of cyclic esters (lactones) is 1. The maximum atomic E-state index is 15.2. The number of Topliss-reactive ketones (excluding diaryl/α,β-unsaturated/α-hetero) is 1. The summed E-state index contributed by atoms with van der Waals surface area (Å²) in [6.45, 7) is 5.49. The molecule has 0 fully saturated rings. The Morgan fingerprint density at radius 3 is 2.80 bits per heavy atom. The summed E-state index contributed by atoms with van der Waals surface area (Å²) in [5.41, 5.74) is 6.32. The van der Waals surface area contributed by atoms with Gasteiger partial charge in [0.25, 0.3) is 0 Å². The second-order valence-corrected chi connectivity index (χ2v) is 14.2. The van der Waals surface area contributed by atoms with E-state index in [1.54, 1.807) is 6.92 Å². The van der Waals surface area contributed by atoms with Gasteiger partial charge in [-0.3, -0.25) is 19.2 Å². The molecule has 7 rings (SSSR count). The molecular formula is C39H42FN3O6. The lowest BCUT2D eigenvalue weighted by atomic mass is 9.77. The van der Waals surface area contributed by atoms with Crippen molar-refractivity contribution in [3.8, 4) is 0 Å². The number of aromatic nitrogens is 1. The minimum Gasteiger partial charge on any atom is -0.460 e. The smallest absolute Gasteiger partial charge is 0.313 e. The highest BCUT2D eigenvalue weighted by Gasteiger charge is 2.45. The first-order valence-corrected chi connectivity index (χ1v) is 17.4. The van der Waals surface area contributed by atoms with E-state index < -0.39 is 17.9 Å². The fourth-order valence-electron chi connectivity index (χ4n) is 8.28. The predicted octanol–water partition coefficient (Wildman–Crippen LogP) is 5.59. The molecule has 4 atom stereocenters. The molecule has 2 N–H and O–H groups in total. The van der Waals surface area contributed by atoms with Crippen molar-refractivity contribution in [2.24, 2.45) is 17.3 Å². The van der Waals surface area contributed by atoms with E-state index in [4.69, 9.17) is 14.5 Å². The largest absolute Gasteiger partial charge is 0.460 e. The van der Waals surface area contributed by atoms with Gasteiger partial charge in [-0.1, -0.05) is 44.2 Å². The van der Waals surface area contributed by atoms with Crippen molar-refractivity contribution >= 4 is 40.0 Å². The lowest BCUT2D eigenvalue weighted by Gasteiger charge is -2.30. The Balaban J connectivity index is 1.07. The molecule has 0 radical (unpaired) electrons. The van der Waals surface area contributed by atoms with Gasteiger partial charge < -0.3 is 20.1 Å². The number of pyridine rings is 1. The van der Waals surface area contributed by atoms with Crippen molar-refractivity contribution in [3.05, 3.63) is 81.4 Å². The van der Waals surface area contributed by atoms with Gasteiger partial charge in [-0.15, -0.1) is 0 Å². The quantitative estimate of drug-likeness (QED) is 0.193. The van der Waals surface area contributed by atoms with E-state index >= 15 is 4.39 Å². The average Bonchev–Trinajstić information content (AvgIpc) is 3.44. The molecule has 2 amide bonds. The molecule has 0 saturated carbocycles. The number of carbonyl (C=O) groups excluding carboxylic acids is 4. The highest BCUT2D eigenvalue weighted by atomic mass is 19.1.